The molecule has 0 atom stereocenters. The highest BCUT2D eigenvalue weighted by atomic mass is 35.5. The first-order valence-corrected chi connectivity index (χ1v) is 9.37. The number of amides is 1. The van der Waals surface area contributed by atoms with Crippen molar-refractivity contribution in [2.24, 2.45) is 0 Å². The molecule has 0 aliphatic carbocycles. The molecule has 4 aromatic rings. The van der Waals surface area contributed by atoms with Gasteiger partial charge in [-0.2, -0.15) is 0 Å². The van der Waals surface area contributed by atoms with Crippen molar-refractivity contribution in [3.05, 3.63) is 71.2 Å². The van der Waals surface area contributed by atoms with Crippen molar-refractivity contribution >= 4 is 28.4 Å². The Morgan fingerprint density at radius 3 is 2.71 bits per heavy atom. The topological polar surface area (TPSA) is 73.0 Å². The number of hydrogen-bond donors (Lipinski definition) is 1. The van der Waals surface area contributed by atoms with Crippen LogP contribution < -0.4 is 5.32 Å². The van der Waals surface area contributed by atoms with E-state index in [4.69, 9.17) is 16.0 Å². The molecule has 2 aromatic carbocycles. The van der Waals surface area contributed by atoms with Crippen molar-refractivity contribution in [2.75, 3.05) is 6.54 Å². The number of aryl methyl sites for hydroxylation is 1. The minimum absolute atomic E-state index is 0.0366. The lowest BCUT2D eigenvalue weighted by molar-refractivity contribution is -0.121. The number of benzene rings is 2. The molecule has 1 N–H and O–H groups in total. The van der Waals surface area contributed by atoms with E-state index in [2.05, 4.69) is 15.5 Å². The maximum atomic E-state index is 12.4. The second kappa shape index (κ2) is 7.86. The molecule has 1 amide bonds. The third-order valence-electron chi connectivity index (χ3n) is 4.51. The van der Waals surface area contributed by atoms with Crippen molar-refractivity contribution in [1.29, 1.82) is 0 Å². The zero-order valence-corrected chi connectivity index (χ0v) is 16.1. The molecule has 4 rings (SSSR count). The molecule has 0 fully saturated rings. The Labute approximate surface area is 167 Å². The Morgan fingerprint density at radius 1 is 1.14 bits per heavy atom. The third-order valence-corrected chi connectivity index (χ3v) is 4.76. The Balaban J connectivity index is 1.42. The molecule has 0 bridgehead atoms. The van der Waals surface area contributed by atoms with Gasteiger partial charge in [0.05, 0.1) is 0 Å². The number of carbonyl (C=O) groups is 1. The second-order valence-corrected chi connectivity index (χ2v) is 7.01. The minimum atomic E-state index is -0.0366. The van der Waals surface area contributed by atoms with Crippen LogP contribution in [0.2, 0.25) is 5.02 Å². The van der Waals surface area contributed by atoms with Gasteiger partial charge in [-0.25, -0.2) is 0 Å². The summed E-state index contributed by atoms with van der Waals surface area (Å²) in [6.07, 6.45) is 2.67. The minimum Gasteiger partial charge on any atom is -0.421 e. The average Bonchev–Trinajstić information content (AvgIpc) is 3.29. The molecule has 2 heterocycles. The monoisotopic (exact) mass is 394 g/mol. The van der Waals surface area contributed by atoms with Crippen molar-refractivity contribution in [2.45, 2.75) is 19.9 Å². The summed E-state index contributed by atoms with van der Waals surface area (Å²) in [5, 5.41) is 12.7. The van der Waals surface area contributed by atoms with Gasteiger partial charge in [-0.05, 0) is 47.7 Å². The molecule has 0 unspecified atom stereocenters. The van der Waals surface area contributed by atoms with Crippen LogP contribution in [-0.4, -0.2) is 27.2 Å². The van der Waals surface area contributed by atoms with Gasteiger partial charge < -0.3 is 14.3 Å². The SMILES string of the molecule is Cc1nnc(-c2ccc3ccn(CC(=O)NCCc4ccc(Cl)cc4)c3c2)o1. The summed E-state index contributed by atoms with van der Waals surface area (Å²) in [5.41, 5.74) is 2.91. The van der Waals surface area contributed by atoms with Crippen LogP contribution in [0, 0.1) is 6.92 Å². The average molecular weight is 395 g/mol. The number of carbonyl (C=O) groups excluding carboxylic acids is 1. The van der Waals surface area contributed by atoms with E-state index in [0.29, 0.717) is 23.3 Å². The molecule has 0 saturated heterocycles. The Hall–Kier alpha value is -3.12. The summed E-state index contributed by atoms with van der Waals surface area (Å²) in [6, 6.07) is 15.5. The number of hydrogen-bond acceptors (Lipinski definition) is 4. The molecule has 6 nitrogen and oxygen atoms in total. The van der Waals surface area contributed by atoms with E-state index in [9.17, 15) is 4.79 Å². The fraction of sp³-hybridized carbons (Fsp3) is 0.190. The molecule has 0 spiro atoms. The Morgan fingerprint density at radius 2 is 1.96 bits per heavy atom. The number of halogens is 1. The number of nitrogens with one attached hydrogen (secondary N) is 1. The van der Waals surface area contributed by atoms with Crippen LogP contribution in [0.5, 0.6) is 0 Å². The van der Waals surface area contributed by atoms with Gasteiger partial charge in [0, 0.05) is 35.8 Å². The lowest BCUT2D eigenvalue weighted by Gasteiger charge is -2.08. The van der Waals surface area contributed by atoms with Crippen molar-refractivity contribution in [3.63, 3.8) is 0 Å². The Bertz CT molecular complexity index is 1120. The van der Waals surface area contributed by atoms with E-state index in [1.807, 2.05) is 59.3 Å². The normalized spacial score (nSPS) is 11.1. The predicted octanol–water partition coefficient (Wildman–Crippen LogP) is 4.01. The third kappa shape index (κ3) is 4.07. The lowest BCUT2D eigenvalue weighted by Crippen LogP contribution is -2.29. The first-order valence-electron chi connectivity index (χ1n) is 8.99. The van der Waals surface area contributed by atoms with Crippen LogP contribution in [0.3, 0.4) is 0 Å². The molecule has 7 heteroatoms. The van der Waals surface area contributed by atoms with E-state index >= 15 is 0 Å². The van der Waals surface area contributed by atoms with Crippen LogP contribution in [-0.2, 0) is 17.8 Å². The number of rotatable bonds is 6. The molecular formula is C21H19ClN4O2. The summed E-state index contributed by atoms with van der Waals surface area (Å²) in [7, 11) is 0. The molecule has 0 saturated carbocycles. The van der Waals surface area contributed by atoms with Crippen LogP contribution in [0.25, 0.3) is 22.4 Å². The molecule has 28 heavy (non-hydrogen) atoms. The fourth-order valence-corrected chi connectivity index (χ4v) is 3.20. The molecule has 0 radical (unpaired) electrons. The van der Waals surface area contributed by atoms with Gasteiger partial charge in [-0.15, -0.1) is 10.2 Å². The summed E-state index contributed by atoms with van der Waals surface area (Å²) in [4.78, 5) is 12.4. The molecule has 0 aliphatic heterocycles. The standard InChI is InChI=1S/C21H19ClN4O2/c1-14-24-25-21(28-14)17-5-4-16-9-11-26(19(16)12-17)13-20(27)23-10-8-15-2-6-18(22)7-3-15/h2-7,9,11-12H,8,10,13H2,1H3,(H,23,27). The maximum Gasteiger partial charge on any atom is 0.247 e. The molecule has 142 valence electrons. The van der Waals surface area contributed by atoms with E-state index in [-0.39, 0.29) is 12.5 Å². The highest BCUT2D eigenvalue weighted by Gasteiger charge is 2.10. The van der Waals surface area contributed by atoms with Crippen molar-refractivity contribution in [3.8, 4) is 11.5 Å². The summed E-state index contributed by atoms with van der Waals surface area (Å²) >= 11 is 5.89. The number of fused-ring (bicyclic) bond motifs is 1. The molecule has 0 aliphatic rings. The quantitative estimate of drug-likeness (QED) is 0.536. The predicted molar refractivity (Wildman–Crippen MR) is 108 cm³/mol. The van der Waals surface area contributed by atoms with Gasteiger partial charge in [0.2, 0.25) is 17.7 Å². The molecular weight excluding hydrogens is 376 g/mol. The van der Waals surface area contributed by atoms with Gasteiger partial charge in [-0.3, -0.25) is 4.79 Å². The second-order valence-electron chi connectivity index (χ2n) is 6.57. The smallest absolute Gasteiger partial charge is 0.247 e. The first-order chi connectivity index (χ1) is 13.6. The highest BCUT2D eigenvalue weighted by molar-refractivity contribution is 6.30. The van der Waals surface area contributed by atoms with Crippen LogP contribution in [0.15, 0.2) is 59.1 Å². The summed E-state index contributed by atoms with van der Waals surface area (Å²) in [5.74, 6) is 0.954. The number of aromatic nitrogens is 3. The van der Waals surface area contributed by atoms with E-state index in [0.717, 1.165) is 28.5 Å². The van der Waals surface area contributed by atoms with Gasteiger partial charge in [-0.1, -0.05) is 29.8 Å². The zero-order chi connectivity index (χ0) is 19.5. The Kier molecular flexibility index (Phi) is 5.12. The largest absolute Gasteiger partial charge is 0.421 e. The van der Waals surface area contributed by atoms with Crippen LogP contribution in [0.4, 0.5) is 0 Å². The maximum absolute atomic E-state index is 12.4. The van der Waals surface area contributed by atoms with Gasteiger partial charge in [0.25, 0.3) is 0 Å². The van der Waals surface area contributed by atoms with Gasteiger partial charge >= 0.3 is 0 Å². The van der Waals surface area contributed by atoms with Gasteiger partial charge in [0.15, 0.2) is 0 Å². The summed E-state index contributed by atoms with van der Waals surface area (Å²) < 4.78 is 7.42. The van der Waals surface area contributed by atoms with Gasteiger partial charge in [0.1, 0.15) is 6.54 Å². The first kappa shape index (κ1) is 18.3. The van der Waals surface area contributed by atoms with E-state index < -0.39 is 0 Å². The van der Waals surface area contributed by atoms with Crippen LogP contribution >= 0.6 is 11.6 Å². The zero-order valence-electron chi connectivity index (χ0n) is 15.4. The van der Waals surface area contributed by atoms with Crippen LogP contribution in [0.1, 0.15) is 11.5 Å². The fourth-order valence-electron chi connectivity index (χ4n) is 3.08. The van der Waals surface area contributed by atoms with E-state index in [1.54, 1.807) is 6.92 Å². The summed E-state index contributed by atoms with van der Waals surface area (Å²) in [6.45, 7) is 2.58. The van der Waals surface area contributed by atoms with Crippen molar-refractivity contribution in [1.82, 2.24) is 20.1 Å². The molecule has 2 aromatic heterocycles. The van der Waals surface area contributed by atoms with Crippen molar-refractivity contribution < 1.29 is 9.21 Å². The van der Waals surface area contributed by atoms with E-state index in [1.165, 1.54) is 0 Å². The lowest BCUT2D eigenvalue weighted by atomic mass is 10.1. The number of nitrogens with zero attached hydrogens (tertiary/aromatic N) is 3. The highest BCUT2D eigenvalue weighted by Crippen LogP contribution is 2.24.